The monoisotopic (exact) mass is 280 g/mol. The molecule has 1 aliphatic carbocycles. The molecule has 5 heteroatoms. The van der Waals surface area contributed by atoms with E-state index in [4.69, 9.17) is 11.6 Å². The van der Waals surface area contributed by atoms with Crippen LogP contribution in [0.15, 0.2) is 0 Å². The molecule has 0 saturated heterocycles. The fraction of sp³-hybridized carbons (Fsp3) is 0.714. The number of rotatable bonds is 3. The molecule has 1 aliphatic heterocycles. The Morgan fingerprint density at radius 2 is 2.05 bits per heavy atom. The summed E-state index contributed by atoms with van der Waals surface area (Å²) in [4.78, 5) is 8.72. The van der Waals surface area contributed by atoms with E-state index in [1.54, 1.807) is 0 Å². The van der Waals surface area contributed by atoms with Gasteiger partial charge in [-0.2, -0.15) is 0 Å². The number of aromatic nitrogens is 2. The molecule has 0 bridgehead atoms. The van der Waals surface area contributed by atoms with Gasteiger partial charge >= 0.3 is 0 Å². The van der Waals surface area contributed by atoms with Crippen LogP contribution in [0.4, 0.5) is 5.82 Å². The van der Waals surface area contributed by atoms with E-state index in [1.807, 2.05) is 0 Å². The van der Waals surface area contributed by atoms with Gasteiger partial charge in [0.15, 0.2) is 0 Å². The first-order valence-corrected chi connectivity index (χ1v) is 7.70. The number of halogens is 1. The summed E-state index contributed by atoms with van der Waals surface area (Å²) in [6.07, 6.45) is 7.76. The Balaban J connectivity index is 1.70. The Hall–Kier alpha value is -0.870. The lowest BCUT2D eigenvalue weighted by atomic mass is 9.89. The summed E-state index contributed by atoms with van der Waals surface area (Å²) in [6, 6.07) is 0. The maximum atomic E-state index is 6.02. The van der Waals surface area contributed by atoms with Crippen LogP contribution in [0.2, 0.25) is 5.28 Å². The van der Waals surface area contributed by atoms with Crippen LogP contribution in [0.3, 0.4) is 0 Å². The van der Waals surface area contributed by atoms with E-state index in [-0.39, 0.29) is 0 Å². The van der Waals surface area contributed by atoms with Gasteiger partial charge in [-0.15, -0.1) is 0 Å². The predicted molar refractivity (Wildman–Crippen MR) is 77.5 cm³/mol. The molecule has 104 valence electrons. The van der Waals surface area contributed by atoms with Crippen LogP contribution < -0.4 is 10.6 Å². The van der Waals surface area contributed by atoms with Gasteiger partial charge in [-0.3, -0.25) is 0 Å². The third-order valence-electron chi connectivity index (χ3n) is 4.19. The Morgan fingerprint density at radius 1 is 1.21 bits per heavy atom. The molecule has 0 amide bonds. The standard InChI is InChI=1S/C14H21ClN4/c15-14-18-12-6-7-16-9-11(12)13(19-14)17-8-10-4-2-1-3-5-10/h10,16H,1-9H2,(H,17,18,19). The van der Waals surface area contributed by atoms with Gasteiger partial charge in [0.1, 0.15) is 5.82 Å². The summed E-state index contributed by atoms with van der Waals surface area (Å²) in [5, 5.41) is 7.25. The molecule has 0 radical (unpaired) electrons. The largest absolute Gasteiger partial charge is 0.369 e. The molecule has 2 aliphatic rings. The molecule has 4 nitrogen and oxygen atoms in total. The molecule has 0 atom stereocenters. The highest BCUT2D eigenvalue weighted by atomic mass is 35.5. The molecule has 0 unspecified atom stereocenters. The van der Waals surface area contributed by atoms with E-state index in [9.17, 15) is 0 Å². The zero-order chi connectivity index (χ0) is 13.1. The van der Waals surface area contributed by atoms with Crippen LogP contribution in [0.25, 0.3) is 0 Å². The topological polar surface area (TPSA) is 49.8 Å². The molecule has 2 N–H and O–H groups in total. The van der Waals surface area contributed by atoms with Crippen molar-refractivity contribution in [2.24, 2.45) is 5.92 Å². The van der Waals surface area contributed by atoms with Crippen molar-refractivity contribution in [3.05, 3.63) is 16.5 Å². The third kappa shape index (κ3) is 3.18. The van der Waals surface area contributed by atoms with Gasteiger partial charge < -0.3 is 10.6 Å². The third-order valence-corrected chi connectivity index (χ3v) is 4.36. The number of nitrogens with one attached hydrogen (secondary N) is 2. The van der Waals surface area contributed by atoms with E-state index in [0.29, 0.717) is 5.28 Å². The number of fused-ring (bicyclic) bond motifs is 1. The second kappa shape index (κ2) is 6.06. The average Bonchev–Trinajstić information content (AvgIpc) is 2.45. The van der Waals surface area contributed by atoms with Crippen molar-refractivity contribution in [3.8, 4) is 0 Å². The maximum Gasteiger partial charge on any atom is 0.224 e. The molecule has 0 aromatic carbocycles. The SMILES string of the molecule is Clc1nc2c(c(NCC3CCCCC3)n1)CNCC2. The van der Waals surface area contributed by atoms with Gasteiger partial charge in [0.2, 0.25) is 5.28 Å². The Kier molecular flexibility index (Phi) is 4.18. The predicted octanol–water partition coefficient (Wildman–Crippen LogP) is 2.77. The number of hydrogen-bond acceptors (Lipinski definition) is 4. The number of hydrogen-bond donors (Lipinski definition) is 2. The minimum atomic E-state index is 0.367. The van der Waals surface area contributed by atoms with Crippen molar-refractivity contribution >= 4 is 17.4 Å². The minimum Gasteiger partial charge on any atom is -0.369 e. The summed E-state index contributed by atoms with van der Waals surface area (Å²) >= 11 is 6.02. The highest BCUT2D eigenvalue weighted by Gasteiger charge is 2.18. The summed E-state index contributed by atoms with van der Waals surface area (Å²) < 4.78 is 0. The number of anilines is 1. The fourth-order valence-electron chi connectivity index (χ4n) is 3.09. The van der Waals surface area contributed by atoms with Crippen molar-refractivity contribution in [3.63, 3.8) is 0 Å². The summed E-state index contributed by atoms with van der Waals surface area (Å²) in [7, 11) is 0. The van der Waals surface area contributed by atoms with Gasteiger partial charge in [-0.25, -0.2) is 9.97 Å². The molecule has 19 heavy (non-hydrogen) atoms. The van der Waals surface area contributed by atoms with Gasteiger partial charge in [-0.1, -0.05) is 19.3 Å². The lowest BCUT2D eigenvalue weighted by molar-refractivity contribution is 0.373. The van der Waals surface area contributed by atoms with Crippen LogP contribution in [0.1, 0.15) is 43.4 Å². The molecule has 1 aromatic heterocycles. The quantitative estimate of drug-likeness (QED) is 0.836. The Labute approximate surface area is 119 Å². The second-order valence-electron chi connectivity index (χ2n) is 5.58. The van der Waals surface area contributed by atoms with Gasteiger partial charge in [0, 0.05) is 31.6 Å². The molecule has 3 rings (SSSR count). The number of nitrogens with zero attached hydrogens (tertiary/aromatic N) is 2. The molecular formula is C14H21ClN4. The van der Waals surface area contributed by atoms with E-state index in [0.717, 1.165) is 43.5 Å². The second-order valence-corrected chi connectivity index (χ2v) is 5.92. The fourth-order valence-corrected chi connectivity index (χ4v) is 3.28. The van der Waals surface area contributed by atoms with Crippen molar-refractivity contribution in [1.29, 1.82) is 0 Å². The minimum absolute atomic E-state index is 0.367. The molecule has 1 aromatic rings. The van der Waals surface area contributed by atoms with E-state index < -0.39 is 0 Å². The normalized spacial score (nSPS) is 20.1. The maximum absolute atomic E-state index is 6.02. The van der Waals surface area contributed by atoms with E-state index >= 15 is 0 Å². The zero-order valence-electron chi connectivity index (χ0n) is 11.2. The Bertz CT molecular complexity index is 443. The first kappa shape index (κ1) is 13.1. The Morgan fingerprint density at radius 3 is 2.89 bits per heavy atom. The van der Waals surface area contributed by atoms with Crippen molar-refractivity contribution < 1.29 is 0 Å². The lowest BCUT2D eigenvalue weighted by Gasteiger charge is -2.24. The summed E-state index contributed by atoms with van der Waals surface area (Å²) in [6.45, 7) is 2.84. The molecular weight excluding hydrogens is 260 g/mol. The highest BCUT2D eigenvalue weighted by molar-refractivity contribution is 6.28. The highest BCUT2D eigenvalue weighted by Crippen LogP contribution is 2.26. The zero-order valence-corrected chi connectivity index (χ0v) is 12.0. The average molecular weight is 281 g/mol. The van der Waals surface area contributed by atoms with E-state index in [2.05, 4.69) is 20.6 Å². The molecule has 1 fully saturated rings. The molecule has 0 spiro atoms. The van der Waals surface area contributed by atoms with Crippen LogP contribution >= 0.6 is 11.6 Å². The smallest absolute Gasteiger partial charge is 0.224 e. The summed E-state index contributed by atoms with van der Waals surface area (Å²) in [5.74, 6) is 1.72. The van der Waals surface area contributed by atoms with Crippen LogP contribution in [-0.4, -0.2) is 23.1 Å². The van der Waals surface area contributed by atoms with Crippen LogP contribution in [0.5, 0.6) is 0 Å². The molecule has 1 saturated carbocycles. The van der Waals surface area contributed by atoms with Crippen molar-refractivity contribution in [1.82, 2.24) is 15.3 Å². The molecule has 2 heterocycles. The van der Waals surface area contributed by atoms with Gasteiger partial charge in [-0.05, 0) is 30.4 Å². The van der Waals surface area contributed by atoms with E-state index in [1.165, 1.54) is 37.7 Å². The summed E-state index contributed by atoms with van der Waals surface area (Å²) in [5.41, 5.74) is 2.30. The van der Waals surface area contributed by atoms with Gasteiger partial charge in [0.25, 0.3) is 0 Å². The van der Waals surface area contributed by atoms with Crippen molar-refractivity contribution in [2.45, 2.75) is 45.1 Å². The van der Waals surface area contributed by atoms with Crippen LogP contribution in [-0.2, 0) is 13.0 Å². The first-order chi connectivity index (χ1) is 9.33. The first-order valence-electron chi connectivity index (χ1n) is 7.33. The van der Waals surface area contributed by atoms with Crippen molar-refractivity contribution in [2.75, 3.05) is 18.4 Å². The van der Waals surface area contributed by atoms with Crippen LogP contribution in [0, 0.1) is 5.92 Å². The lowest BCUT2D eigenvalue weighted by Crippen LogP contribution is -2.27. The van der Waals surface area contributed by atoms with Gasteiger partial charge in [0.05, 0.1) is 5.69 Å².